The van der Waals surface area contributed by atoms with E-state index in [2.05, 4.69) is 0 Å². The van der Waals surface area contributed by atoms with E-state index in [4.69, 9.17) is 9.47 Å². The Morgan fingerprint density at radius 1 is 1.28 bits per heavy atom. The highest BCUT2D eigenvalue weighted by Gasteiger charge is 2.17. The van der Waals surface area contributed by atoms with Gasteiger partial charge in [0, 0.05) is 13.0 Å². The minimum atomic E-state index is -0.103. The van der Waals surface area contributed by atoms with Gasteiger partial charge in [0.25, 0.3) is 0 Å². The van der Waals surface area contributed by atoms with Gasteiger partial charge in [-0.3, -0.25) is 4.79 Å². The maximum Gasteiger partial charge on any atom is 0.306 e. The molecule has 1 unspecified atom stereocenters. The zero-order valence-corrected chi connectivity index (χ0v) is 10.6. The van der Waals surface area contributed by atoms with Gasteiger partial charge in [-0.2, -0.15) is 0 Å². The smallest absolute Gasteiger partial charge is 0.306 e. The van der Waals surface area contributed by atoms with Crippen molar-refractivity contribution in [3.63, 3.8) is 0 Å². The van der Waals surface area contributed by atoms with Crippen LogP contribution in [-0.2, 0) is 20.9 Å². The molecular weight excluding hydrogens is 228 g/mol. The molecule has 0 saturated carbocycles. The van der Waals surface area contributed by atoms with Crippen molar-refractivity contribution in [3.8, 4) is 0 Å². The number of hydrogen-bond donors (Lipinski definition) is 0. The highest BCUT2D eigenvalue weighted by molar-refractivity contribution is 5.69. The molecule has 0 amide bonds. The number of esters is 1. The van der Waals surface area contributed by atoms with E-state index in [1.165, 1.54) is 6.42 Å². The second kappa shape index (κ2) is 7.17. The summed E-state index contributed by atoms with van der Waals surface area (Å²) in [5, 5.41) is 0. The van der Waals surface area contributed by atoms with Crippen LogP contribution >= 0.6 is 0 Å². The van der Waals surface area contributed by atoms with Crippen molar-refractivity contribution in [2.45, 2.75) is 44.8 Å². The van der Waals surface area contributed by atoms with Crippen molar-refractivity contribution in [3.05, 3.63) is 35.9 Å². The van der Waals surface area contributed by atoms with E-state index in [9.17, 15) is 4.79 Å². The Kier molecular flexibility index (Phi) is 5.21. The van der Waals surface area contributed by atoms with Crippen LogP contribution in [0.25, 0.3) is 0 Å². The molecule has 1 aliphatic rings. The van der Waals surface area contributed by atoms with Gasteiger partial charge in [0.1, 0.15) is 6.61 Å². The molecule has 0 radical (unpaired) electrons. The highest BCUT2D eigenvalue weighted by atomic mass is 16.5. The van der Waals surface area contributed by atoms with E-state index in [0.717, 1.165) is 31.4 Å². The monoisotopic (exact) mass is 248 g/mol. The van der Waals surface area contributed by atoms with Gasteiger partial charge in [0.2, 0.25) is 0 Å². The van der Waals surface area contributed by atoms with Crippen LogP contribution in [0.1, 0.15) is 37.7 Å². The summed E-state index contributed by atoms with van der Waals surface area (Å²) in [5.74, 6) is -0.103. The van der Waals surface area contributed by atoms with Gasteiger partial charge in [0.05, 0.1) is 6.10 Å². The van der Waals surface area contributed by atoms with E-state index in [1.807, 2.05) is 30.3 Å². The lowest BCUT2D eigenvalue weighted by atomic mass is 10.1. The van der Waals surface area contributed by atoms with Crippen LogP contribution in [0, 0.1) is 0 Å². The SMILES string of the molecule is O=C(CCCCC1CCO1)OCc1ccccc1. The Morgan fingerprint density at radius 2 is 2.06 bits per heavy atom. The molecule has 1 aliphatic heterocycles. The normalized spacial score (nSPS) is 18.1. The van der Waals surface area contributed by atoms with Gasteiger partial charge in [-0.15, -0.1) is 0 Å². The molecule has 0 N–H and O–H groups in total. The fourth-order valence-corrected chi connectivity index (χ4v) is 1.96. The second-order valence-electron chi connectivity index (χ2n) is 4.67. The number of carbonyl (C=O) groups excluding carboxylic acids is 1. The Hall–Kier alpha value is -1.35. The number of ether oxygens (including phenoxy) is 2. The number of carbonyl (C=O) groups is 1. The fourth-order valence-electron chi connectivity index (χ4n) is 1.96. The number of unbranched alkanes of at least 4 members (excludes halogenated alkanes) is 1. The molecule has 1 aromatic carbocycles. The lowest BCUT2D eigenvalue weighted by Gasteiger charge is -2.26. The standard InChI is InChI=1S/C15H20O3/c16-15(9-5-4-8-14-10-11-17-14)18-12-13-6-2-1-3-7-13/h1-3,6-7,14H,4-5,8-12H2. The van der Waals surface area contributed by atoms with Crippen LogP contribution in [0.2, 0.25) is 0 Å². The van der Waals surface area contributed by atoms with Crippen molar-refractivity contribution in [1.29, 1.82) is 0 Å². The van der Waals surface area contributed by atoms with E-state index in [0.29, 0.717) is 19.1 Å². The van der Waals surface area contributed by atoms with Crippen LogP contribution in [0.5, 0.6) is 0 Å². The first-order valence-corrected chi connectivity index (χ1v) is 6.66. The first kappa shape index (κ1) is 13.1. The average Bonchev–Trinajstić information content (AvgIpc) is 2.35. The van der Waals surface area contributed by atoms with E-state index in [1.54, 1.807) is 0 Å². The van der Waals surface area contributed by atoms with Crippen molar-refractivity contribution >= 4 is 5.97 Å². The van der Waals surface area contributed by atoms with Crippen molar-refractivity contribution in [2.24, 2.45) is 0 Å². The summed E-state index contributed by atoms with van der Waals surface area (Å²) in [4.78, 5) is 11.5. The molecule has 1 saturated heterocycles. The quantitative estimate of drug-likeness (QED) is 0.549. The summed E-state index contributed by atoms with van der Waals surface area (Å²) in [6, 6.07) is 9.76. The van der Waals surface area contributed by atoms with Crippen LogP contribution in [0.15, 0.2) is 30.3 Å². The maximum absolute atomic E-state index is 11.5. The van der Waals surface area contributed by atoms with Gasteiger partial charge in [-0.1, -0.05) is 36.8 Å². The van der Waals surface area contributed by atoms with Gasteiger partial charge in [-0.25, -0.2) is 0 Å². The Balaban J connectivity index is 1.52. The average molecular weight is 248 g/mol. The summed E-state index contributed by atoms with van der Waals surface area (Å²) in [5.41, 5.74) is 1.04. The van der Waals surface area contributed by atoms with Gasteiger partial charge >= 0.3 is 5.97 Å². The summed E-state index contributed by atoms with van der Waals surface area (Å²) in [6.07, 6.45) is 5.16. The predicted molar refractivity (Wildman–Crippen MR) is 69.1 cm³/mol. The topological polar surface area (TPSA) is 35.5 Å². The number of hydrogen-bond acceptors (Lipinski definition) is 3. The number of benzene rings is 1. The Morgan fingerprint density at radius 3 is 2.72 bits per heavy atom. The van der Waals surface area contributed by atoms with Crippen molar-refractivity contribution in [1.82, 2.24) is 0 Å². The van der Waals surface area contributed by atoms with E-state index < -0.39 is 0 Å². The Bertz CT molecular complexity index is 357. The lowest BCUT2D eigenvalue weighted by molar-refractivity contribution is -0.145. The predicted octanol–water partition coefficient (Wildman–Crippen LogP) is 3.08. The first-order chi connectivity index (χ1) is 8.84. The Labute approximate surface area is 108 Å². The largest absolute Gasteiger partial charge is 0.461 e. The third kappa shape index (κ3) is 4.49. The van der Waals surface area contributed by atoms with Crippen molar-refractivity contribution < 1.29 is 14.3 Å². The molecule has 1 aromatic rings. The molecule has 0 bridgehead atoms. The summed E-state index contributed by atoms with van der Waals surface area (Å²) >= 11 is 0. The molecule has 0 spiro atoms. The highest BCUT2D eigenvalue weighted by Crippen LogP contribution is 2.18. The third-order valence-electron chi connectivity index (χ3n) is 3.19. The summed E-state index contributed by atoms with van der Waals surface area (Å²) in [6.45, 7) is 1.29. The lowest BCUT2D eigenvalue weighted by Crippen LogP contribution is -2.26. The van der Waals surface area contributed by atoms with Crippen LogP contribution in [0.3, 0.4) is 0 Å². The second-order valence-corrected chi connectivity index (χ2v) is 4.67. The fraction of sp³-hybridized carbons (Fsp3) is 0.533. The van der Waals surface area contributed by atoms with Crippen LogP contribution in [0.4, 0.5) is 0 Å². The molecule has 0 aromatic heterocycles. The van der Waals surface area contributed by atoms with E-state index in [-0.39, 0.29) is 5.97 Å². The molecule has 1 atom stereocenters. The van der Waals surface area contributed by atoms with Crippen molar-refractivity contribution in [2.75, 3.05) is 6.61 Å². The zero-order chi connectivity index (χ0) is 12.6. The summed E-state index contributed by atoms with van der Waals surface area (Å²) < 4.78 is 10.5. The summed E-state index contributed by atoms with van der Waals surface area (Å²) in [7, 11) is 0. The van der Waals surface area contributed by atoms with Crippen LogP contribution in [-0.4, -0.2) is 18.7 Å². The number of rotatable bonds is 7. The van der Waals surface area contributed by atoms with Crippen LogP contribution < -0.4 is 0 Å². The minimum Gasteiger partial charge on any atom is -0.461 e. The van der Waals surface area contributed by atoms with Gasteiger partial charge in [-0.05, 0) is 24.8 Å². The molecule has 98 valence electrons. The zero-order valence-electron chi connectivity index (χ0n) is 10.6. The van der Waals surface area contributed by atoms with Gasteiger partial charge in [0.15, 0.2) is 0 Å². The van der Waals surface area contributed by atoms with E-state index >= 15 is 0 Å². The molecule has 3 heteroatoms. The molecule has 1 heterocycles. The molecular formula is C15H20O3. The van der Waals surface area contributed by atoms with Gasteiger partial charge < -0.3 is 9.47 Å². The molecule has 3 nitrogen and oxygen atoms in total. The maximum atomic E-state index is 11.5. The third-order valence-corrected chi connectivity index (χ3v) is 3.19. The molecule has 0 aliphatic carbocycles. The molecule has 2 rings (SSSR count). The first-order valence-electron chi connectivity index (χ1n) is 6.66. The minimum absolute atomic E-state index is 0.103. The molecule has 18 heavy (non-hydrogen) atoms. The molecule has 1 fully saturated rings.